The molecule has 0 amide bonds. The second-order valence-corrected chi connectivity index (χ2v) is 4.14. The minimum absolute atomic E-state index is 0.244. The van der Waals surface area contributed by atoms with Crippen molar-refractivity contribution in [3.63, 3.8) is 0 Å². The molecule has 86 valence electrons. The van der Waals surface area contributed by atoms with Crippen LogP contribution in [0.4, 0.5) is 0 Å². The highest BCUT2D eigenvalue weighted by atomic mass is 16.5. The summed E-state index contributed by atoms with van der Waals surface area (Å²) in [5.41, 5.74) is 2.48. The summed E-state index contributed by atoms with van der Waals surface area (Å²) in [6, 6.07) is 6.19. The maximum atomic E-state index is 10.4. The molecular formula is C13H16O3. The Labute approximate surface area is 95.0 Å². The summed E-state index contributed by atoms with van der Waals surface area (Å²) < 4.78 is 5.53. The topological polar surface area (TPSA) is 46.5 Å². The van der Waals surface area contributed by atoms with Crippen LogP contribution in [0.25, 0.3) is 0 Å². The van der Waals surface area contributed by atoms with Crippen molar-refractivity contribution in [2.24, 2.45) is 0 Å². The van der Waals surface area contributed by atoms with E-state index in [1.54, 1.807) is 0 Å². The van der Waals surface area contributed by atoms with Crippen LogP contribution in [0.3, 0.4) is 0 Å². The van der Waals surface area contributed by atoms with E-state index in [4.69, 9.17) is 9.84 Å². The maximum absolute atomic E-state index is 10.4. The van der Waals surface area contributed by atoms with Crippen molar-refractivity contribution in [2.45, 2.75) is 32.1 Å². The highest BCUT2D eigenvalue weighted by Crippen LogP contribution is 2.26. The second kappa shape index (κ2) is 5.01. The van der Waals surface area contributed by atoms with E-state index in [1.165, 1.54) is 11.1 Å². The quantitative estimate of drug-likeness (QED) is 0.847. The summed E-state index contributed by atoms with van der Waals surface area (Å²) in [5, 5.41) is 8.56. The van der Waals surface area contributed by atoms with Crippen LogP contribution >= 0.6 is 0 Å². The number of hydrogen-bond acceptors (Lipinski definition) is 2. The van der Waals surface area contributed by atoms with Crippen molar-refractivity contribution < 1.29 is 14.6 Å². The molecule has 1 aromatic rings. The Morgan fingerprint density at radius 1 is 1.44 bits per heavy atom. The second-order valence-electron chi connectivity index (χ2n) is 4.14. The molecule has 16 heavy (non-hydrogen) atoms. The van der Waals surface area contributed by atoms with Crippen LogP contribution in [0.1, 0.15) is 30.4 Å². The summed E-state index contributed by atoms with van der Waals surface area (Å²) in [7, 11) is 0. The molecule has 0 fully saturated rings. The van der Waals surface area contributed by atoms with Gasteiger partial charge in [0.2, 0.25) is 0 Å². The molecule has 1 aliphatic heterocycles. The highest BCUT2D eigenvalue weighted by molar-refractivity contribution is 5.66. The third-order valence-corrected chi connectivity index (χ3v) is 2.83. The van der Waals surface area contributed by atoms with Gasteiger partial charge in [-0.15, -0.1) is 0 Å². The van der Waals surface area contributed by atoms with E-state index in [-0.39, 0.29) is 6.42 Å². The van der Waals surface area contributed by atoms with Crippen LogP contribution < -0.4 is 4.74 Å². The molecule has 2 rings (SSSR count). The van der Waals surface area contributed by atoms with Crippen molar-refractivity contribution in [3.05, 3.63) is 29.3 Å². The lowest BCUT2D eigenvalue weighted by atomic mass is 10.0. The normalized spacial score (nSPS) is 14.0. The van der Waals surface area contributed by atoms with Gasteiger partial charge in [-0.25, -0.2) is 0 Å². The van der Waals surface area contributed by atoms with Gasteiger partial charge in [0.05, 0.1) is 6.61 Å². The zero-order chi connectivity index (χ0) is 11.4. The molecule has 0 radical (unpaired) electrons. The van der Waals surface area contributed by atoms with Crippen molar-refractivity contribution in [2.75, 3.05) is 6.61 Å². The van der Waals surface area contributed by atoms with Gasteiger partial charge < -0.3 is 9.84 Å². The van der Waals surface area contributed by atoms with Crippen LogP contribution in [0, 0.1) is 0 Å². The van der Waals surface area contributed by atoms with Crippen LogP contribution in [-0.4, -0.2) is 17.7 Å². The molecule has 3 heteroatoms. The summed E-state index contributed by atoms with van der Waals surface area (Å²) in [6.07, 6.45) is 3.93. The number of hydrogen-bond donors (Lipinski definition) is 1. The summed E-state index contributed by atoms with van der Waals surface area (Å²) in [4.78, 5) is 10.4. The third-order valence-electron chi connectivity index (χ3n) is 2.83. The van der Waals surface area contributed by atoms with Gasteiger partial charge in [-0.05, 0) is 42.9 Å². The lowest BCUT2D eigenvalue weighted by molar-refractivity contribution is -0.137. The molecule has 1 N–H and O–H groups in total. The Kier molecular flexibility index (Phi) is 3.44. The maximum Gasteiger partial charge on any atom is 0.303 e. The number of aryl methyl sites for hydroxylation is 2. The largest absolute Gasteiger partial charge is 0.493 e. The Morgan fingerprint density at radius 3 is 3.12 bits per heavy atom. The van der Waals surface area contributed by atoms with Crippen molar-refractivity contribution in [3.8, 4) is 5.75 Å². The minimum Gasteiger partial charge on any atom is -0.493 e. The number of rotatable bonds is 4. The predicted molar refractivity (Wildman–Crippen MR) is 60.8 cm³/mol. The summed E-state index contributed by atoms with van der Waals surface area (Å²) in [5.74, 6) is 0.273. The number of carboxylic acid groups (broad SMARTS) is 1. The van der Waals surface area contributed by atoms with Crippen molar-refractivity contribution >= 4 is 5.97 Å². The summed E-state index contributed by atoms with van der Waals surface area (Å²) in [6.45, 7) is 0.811. The van der Waals surface area contributed by atoms with E-state index >= 15 is 0 Å². The molecule has 0 aliphatic carbocycles. The summed E-state index contributed by atoms with van der Waals surface area (Å²) >= 11 is 0. The fourth-order valence-electron chi connectivity index (χ4n) is 2.01. The van der Waals surface area contributed by atoms with E-state index < -0.39 is 5.97 Å². The molecular weight excluding hydrogens is 204 g/mol. The third kappa shape index (κ3) is 2.75. The van der Waals surface area contributed by atoms with Gasteiger partial charge in [-0.1, -0.05) is 12.1 Å². The molecule has 0 spiro atoms. The molecule has 0 atom stereocenters. The Hall–Kier alpha value is -1.51. The Morgan fingerprint density at radius 2 is 2.31 bits per heavy atom. The fourth-order valence-corrected chi connectivity index (χ4v) is 2.01. The molecule has 1 heterocycles. The number of carbonyl (C=O) groups is 1. The molecule has 3 nitrogen and oxygen atoms in total. The van der Waals surface area contributed by atoms with Crippen LogP contribution in [0.2, 0.25) is 0 Å². The fraction of sp³-hybridized carbons (Fsp3) is 0.462. The number of fused-ring (bicyclic) bond motifs is 1. The van der Waals surface area contributed by atoms with Gasteiger partial charge in [-0.3, -0.25) is 4.79 Å². The molecule has 0 unspecified atom stereocenters. The highest BCUT2D eigenvalue weighted by Gasteiger charge is 2.10. The predicted octanol–water partition coefficient (Wildman–Crippen LogP) is 2.42. The standard InChI is InChI=1S/C13H16O3/c14-13(15)5-1-3-10-6-7-12-11(9-10)4-2-8-16-12/h6-7,9H,1-5,8H2,(H,14,15). The van der Waals surface area contributed by atoms with E-state index in [0.717, 1.165) is 31.6 Å². The molecule has 0 saturated carbocycles. The van der Waals surface area contributed by atoms with Crippen molar-refractivity contribution in [1.82, 2.24) is 0 Å². The molecule has 0 bridgehead atoms. The van der Waals surface area contributed by atoms with Gasteiger partial charge in [0.25, 0.3) is 0 Å². The van der Waals surface area contributed by atoms with Gasteiger partial charge in [0.1, 0.15) is 5.75 Å². The van der Waals surface area contributed by atoms with Gasteiger partial charge in [-0.2, -0.15) is 0 Å². The van der Waals surface area contributed by atoms with Crippen LogP contribution in [0.15, 0.2) is 18.2 Å². The first-order chi connectivity index (χ1) is 7.75. The lowest BCUT2D eigenvalue weighted by Gasteiger charge is -2.17. The van der Waals surface area contributed by atoms with Gasteiger partial charge in [0.15, 0.2) is 0 Å². The Bertz CT molecular complexity index is 385. The number of ether oxygens (including phenoxy) is 1. The van der Waals surface area contributed by atoms with E-state index in [2.05, 4.69) is 6.07 Å². The zero-order valence-corrected chi connectivity index (χ0v) is 9.24. The number of benzene rings is 1. The van der Waals surface area contributed by atoms with Crippen LogP contribution in [0.5, 0.6) is 5.75 Å². The monoisotopic (exact) mass is 220 g/mol. The minimum atomic E-state index is -0.721. The first-order valence-corrected chi connectivity index (χ1v) is 5.72. The molecule has 1 aromatic carbocycles. The zero-order valence-electron chi connectivity index (χ0n) is 9.24. The average Bonchev–Trinajstić information content (AvgIpc) is 2.28. The molecule has 0 aromatic heterocycles. The van der Waals surface area contributed by atoms with Crippen LogP contribution in [-0.2, 0) is 17.6 Å². The molecule has 1 aliphatic rings. The smallest absolute Gasteiger partial charge is 0.303 e. The first kappa shape index (κ1) is 11.0. The van der Waals surface area contributed by atoms with E-state index in [1.807, 2.05) is 12.1 Å². The SMILES string of the molecule is O=C(O)CCCc1ccc2c(c1)CCCO2. The Balaban J connectivity index is 1.97. The van der Waals surface area contributed by atoms with Crippen molar-refractivity contribution in [1.29, 1.82) is 0 Å². The lowest BCUT2D eigenvalue weighted by Crippen LogP contribution is -2.08. The van der Waals surface area contributed by atoms with E-state index in [9.17, 15) is 4.79 Å². The number of aliphatic carboxylic acids is 1. The van der Waals surface area contributed by atoms with Gasteiger partial charge in [0, 0.05) is 6.42 Å². The molecule has 0 saturated heterocycles. The van der Waals surface area contributed by atoms with E-state index in [0.29, 0.717) is 6.42 Å². The number of carboxylic acids is 1. The average molecular weight is 220 g/mol. The van der Waals surface area contributed by atoms with Gasteiger partial charge >= 0.3 is 5.97 Å². The first-order valence-electron chi connectivity index (χ1n) is 5.72.